The molecule has 0 N–H and O–H groups in total. The first-order valence-electron chi connectivity index (χ1n) is 3.99. The predicted molar refractivity (Wildman–Crippen MR) is 44.6 cm³/mol. The Labute approximate surface area is 67.0 Å². The van der Waals surface area contributed by atoms with Crippen molar-refractivity contribution in [2.24, 2.45) is 0 Å². The van der Waals surface area contributed by atoms with Gasteiger partial charge in [-0.2, -0.15) is 0 Å². The van der Waals surface area contributed by atoms with Crippen molar-refractivity contribution in [1.82, 2.24) is 0 Å². The minimum Gasteiger partial charge on any atom is -0.381 e. The lowest BCUT2D eigenvalue weighted by molar-refractivity contribution is 0.178. The predicted octanol–water partition coefficient (Wildman–Crippen LogP) is 2.19. The summed E-state index contributed by atoms with van der Waals surface area (Å²) in [5.74, 6) is 0.668. The molecule has 1 heteroatoms. The molecule has 0 radical (unpaired) electrons. The highest BCUT2D eigenvalue weighted by molar-refractivity contribution is 5.26. The molecule has 2 rings (SSSR count). The van der Waals surface area contributed by atoms with Gasteiger partial charge in [0.05, 0.1) is 6.10 Å². The molecule has 1 aromatic rings. The zero-order valence-corrected chi connectivity index (χ0v) is 6.66. The molecule has 1 saturated carbocycles. The standard InChI is InChI=1S/C10H12O/c1-11-10-7-9(10)8-5-3-2-4-6-8/h2-6,9-10H,7H2,1H3. The summed E-state index contributed by atoms with van der Waals surface area (Å²) in [5, 5.41) is 0. The second-order valence-electron chi connectivity index (χ2n) is 3.03. The topological polar surface area (TPSA) is 9.23 Å². The molecule has 0 heterocycles. The molecule has 2 atom stereocenters. The minimum atomic E-state index is 0.484. The molecular formula is C10H12O. The molecule has 0 amide bonds. The van der Waals surface area contributed by atoms with Crippen molar-refractivity contribution >= 4 is 0 Å². The number of methoxy groups -OCH3 is 1. The van der Waals surface area contributed by atoms with Crippen LogP contribution in [0.1, 0.15) is 17.9 Å². The van der Waals surface area contributed by atoms with E-state index in [1.165, 1.54) is 12.0 Å². The fourth-order valence-corrected chi connectivity index (χ4v) is 1.48. The van der Waals surface area contributed by atoms with Gasteiger partial charge in [0.1, 0.15) is 0 Å². The minimum absolute atomic E-state index is 0.484. The molecule has 1 aliphatic carbocycles. The summed E-state index contributed by atoms with van der Waals surface area (Å²) in [4.78, 5) is 0. The third-order valence-corrected chi connectivity index (χ3v) is 2.26. The summed E-state index contributed by atoms with van der Waals surface area (Å²) in [5.41, 5.74) is 1.42. The molecular weight excluding hydrogens is 136 g/mol. The maximum Gasteiger partial charge on any atom is 0.0647 e. The monoisotopic (exact) mass is 148 g/mol. The Hall–Kier alpha value is -0.820. The van der Waals surface area contributed by atoms with Gasteiger partial charge in [0.2, 0.25) is 0 Å². The van der Waals surface area contributed by atoms with E-state index in [-0.39, 0.29) is 0 Å². The highest BCUT2D eigenvalue weighted by Gasteiger charge is 2.38. The Balaban J connectivity index is 2.09. The van der Waals surface area contributed by atoms with Crippen molar-refractivity contribution in [3.63, 3.8) is 0 Å². The van der Waals surface area contributed by atoms with Crippen LogP contribution in [0.2, 0.25) is 0 Å². The summed E-state index contributed by atoms with van der Waals surface area (Å²) in [6.07, 6.45) is 1.68. The third-order valence-electron chi connectivity index (χ3n) is 2.26. The number of hydrogen-bond donors (Lipinski definition) is 0. The van der Waals surface area contributed by atoms with E-state index in [4.69, 9.17) is 4.74 Å². The Bertz CT molecular complexity index is 230. The van der Waals surface area contributed by atoms with Crippen LogP contribution in [0.5, 0.6) is 0 Å². The van der Waals surface area contributed by atoms with Gasteiger partial charge < -0.3 is 4.74 Å². The van der Waals surface area contributed by atoms with Gasteiger partial charge in [-0.05, 0) is 12.0 Å². The number of hydrogen-bond acceptors (Lipinski definition) is 1. The van der Waals surface area contributed by atoms with Crippen molar-refractivity contribution in [3.05, 3.63) is 35.9 Å². The molecule has 1 nitrogen and oxygen atoms in total. The highest BCUT2D eigenvalue weighted by atomic mass is 16.5. The average molecular weight is 148 g/mol. The van der Waals surface area contributed by atoms with Crippen LogP contribution in [0.4, 0.5) is 0 Å². The smallest absolute Gasteiger partial charge is 0.0647 e. The van der Waals surface area contributed by atoms with E-state index in [0.29, 0.717) is 12.0 Å². The maximum atomic E-state index is 5.23. The number of rotatable bonds is 2. The van der Waals surface area contributed by atoms with Gasteiger partial charge in [0.25, 0.3) is 0 Å². The van der Waals surface area contributed by atoms with E-state index in [1.54, 1.807) is 7.11 Å². The van der Waals surface area contributed by atoms with Gasteiger partial charge in [-0.15, -0.1) is 0 Å². The van der Waals surface area contributed by atoms with Gasteiger partial charge in [-0.1, -0.05) is 30.3 Å². The SMILES string of the molecule is COC1CC1c1ccccc1. The first kappa shape index (κ1) is 6.86. The van der Waals surface area contributed by atoms with Crippen LogP contribution in [0, 0.1) is 0 Å². The summed E-state index contributed by atoms with van der Waals surface area (Å²) < 4.78 is 5.23. The fraction of sp³-hybridized carbons (Fsp3) is 0.400. The maximum absolute atomic E-state index is 5.23. The third kappa shape index (κ3) is 1.29. The number of benzene rings is 1. The second kappa shape index (κ2) is 2.67. The van der Waals surface area contributed by atoms with E-state index in [0.717, 1.165) is 0 Å². The van der Waals surface area contributed by atoms with Crippen LogP contribution in [0.25, 0.3) is 0 Å². The van der Waals surface area contributed by atoms with Crippen LogP contribution in [0.15, 0.2) is 30.3 Å². The second-order valence-corrected chi connectivity index (χ2v) is 3.03. The molecule has 1 aliphatic rings. The van der Waals surface area contributed by atoms with Crippen LogP contribution in [-0.4, -0.2) is 13.2 Å². The average Bonchev–Trinajstić information content (AvgIpc) is 2.85. The molecule has 0 saturated heterocycles. The van der Waals surface area contributed by atoms with Crippen LogP contribution in [0.3, 0.4) is 0 Å². The van der Waals surface area contributed by atoms with Crippen molar-refractivity contribution in [3.8, 4) is 0 Å². The molecule has 0 aliphatic heterocycles. The highest BCUT2D eigenvalue weighted by Crippen LogP contribution is 2.42. The molecule has 2 unspecified atom stereocenters. The fourth-order valence-electron chi connectivity index (χ4n) is 1.48. The summed E-state index contributed by atoms with van der Waals surface area (Å²) in [6.45, 7) is 0. The molecule has 1 aromatic carbocycles. The lowest BCUT2D eigenvalue weighted by Gasteiger charge is -1.96. The Morgan fingerprint density at radius 1 is 1.27 bits per heavy atom. The quantitative estimate of drug-likeness (QED) is 0.624. The lowest BCUT2D eigenvalue weighted by Crippen LogP contribution is -1.89. The van der Waals surface area contributed by atoms with E-state index in [1.807, 2.05) is 6.07 Å². The number of ether oxygens (including phenoxy) is 1. The molecule has 0 bridgehead atoms. The van der Waals surface area contributed by atoms with Crippen LogP contribution < -0.4 is 0 Å². The zero-order chi connectivity index (χ0) is 7.68. The van der Waals surface area contributed by atoms with Crippen molar-refractivity contribution in [1.29, 1.82) is 0 Å². The van der Waals surface area contributed by atoms with Crippen LogP contribution in [-0.2, 0) is 4.74 Å². The molecule has 0 spiro atoms. The zero-order valence-electron chi connectivity index (χ0n) is 6.66. The van der Waals surface area contributed by atoms with E-state index in [9.17, 15) is 0 Å². The van der Waals surface area contributed by atoms with Gasteiger partial charge >= 0.3 is 0 Å². The first-order chi connectivity index (χ1) is 5.42. The summed E-state index contributed by atoms with van der Waals surface area (Å²) in [7, 11) is 1.79. The molecule has 1 fully saturated rings. The van der Waals surface area contributed by atoms with Gasteiger partial charge in [0.15, 0.2) is 0 Å². The molecule has 11 heavy (non-hydrogen) atoms. The Morgan fingerprint density at radius 3 is 2.55 bits per heavy atom. The summed E-state index contributed by atoms with van der Waals surface area (Å²) >= 11 is 0. The normalized spacial score (nSPS) is 28.5. The Morgan fingerprint density at radius 2 is 2.00 bits per heavy atom. The van der Waals surface area contributed by atoms with Crippen molar-refractivity contribution in [2.75, 3.05) is 7.11 Å². The Kier molecular flexibility index (Phi) is 1.66. The van der Waals surface area contributed by atoms with Gasteiger partial charge in [-0.3, -0.25) is 0 Å². The molecule has 58 valence electrons. The largest absolute Gasteiger partial charge is 0.381 e. The van der Waals surface area contributed by atoms with E-state index < -0.39 is 0 Å². The van der Waals surface area contributed by atoms with Gasteiger partial charge in [0, 0.05) is 13.0 Å². The van der Waals surface area contributed by atoms with Crippen molar-refractivity contribution < 1.29 is 4.74 Å². The van der Waals surface area contributed by atoms with Crippen LogP contribution >= 0.6 is 0 Å². The first-order valence-corrected chi connectivity index (χ1v) is 3.99. The van der Waals surface area contributed by atoms with Gasteiger partial charge in [-0.25, -0.2) is 0 Å². The van der Waals surface area contributed by atoms with Crippen molar-refractivity contribution in [2.45, 2.75) is 18.4 Å². The molecule has 0 aromatic heterocycles. The van der Waals surface area contributed by atoms with E-state index in [2.05, 4.69) is 24.3 Å². The summed E-state index contributed by atoms with van der Waals surface area (Å²) in [6, 6.07) is 10.6. The lowest BCUT2D eigenvalue weighted by atomic mass is 10.1. The van der Waals surface area contributed by atoms with E-state index >= 15 is 0 Å².